The zero-order valence-electron chi connectivity index (χ0n) is 23.3. The molecule has 0 spiro atoms. The number of hydrogen-bond acceptors (Lipinski definition) is 5. The number of alkyl halides is 3. The Kier molecular flexibility index (Phi) is 9.53. The van der Waals surface area contributed by atoms with Gasteiger partial charge in [0, 0.05) is 64.5 Å². The van der Waals surface area contributed by atoms with Crippen LogP contribution in [0.15, 0.2) is 69.8 Å². The molecule has 1 aromatic rings. The fourth-order valence-corrected chi connectivity index (χ4v) is 5.85. The minimum absolute atomic E-state index is 0.104. The predicted molar refractivity (Wildman–Crippen MR) is 154 cm³/mol. The molecule has 1 saturated carbocycles. The van der Waals surface area contributed by atoms with Crippen LogP contribution in [0.2, 0.25) is 0 Å². The number of hydrogen-bond donors (Lipinski definition) is 1. The van der Waals surface area contributed by atoms with Crippen LogP contribution < -0.4 is 5.32 Å². The van der Waals surface area contributed by atoms with Crippen molar-refractivity contribution in [3.63, 3.8) is 0 Å². The smallest absolute Gasteiger partial charge is 0.364 e. The van der Waals surface area contributed by atoms with Crippen molar-refractivity contribution in [2.45, 2.75) is 51.1 Å². The number of halogens is 3. The van der Waals surface area contributed by atoms with Gasteiger partial charge < -0.3 is 15.1 Å². The number of likely N-dealkylation sites (tertiary alicyclic amines) is 1. The summed E-state index contributed by atoms with van der Waals surface area (Å²) in [6.07, 6.45) is 7.65. The SMILES string of the molecule is C=N/N=C\N(C)CC(c1cccc(N/C=C2/C(C(F)(F)F)=CC(CN3CCC[C@H](C)C3)=CN2C)c1)C1CCC1. The van der Waals surface area contributed by atoms with E-state index in [0.717, 1.165) is 37.3 Å². The molecule has 2 aliphatic heterocycles. The van der Waals surface area contributed by atoms with Crippen molar-refractivity contribution in [2.24, 2.45) is 22.0 Å². The third-order valence-electron chi connectivity index (χ3n) is 8.02. The number of nitrogens with one attached hydrogen (secondary N) is 1. The first-order valence-electron chi connectivity index (χ1n) is 13.8. The highest BCUT2D eigenvalue weighted by Gasteiger charge is 2.39. The Bertz CT molecular complexity index is 1120. The molecule has 2 heterocycles. The molecule has 0 radical (unpaired) electrons. The van der Waals surface area contributed by atoms with Gasteiger partial charge in [-0.15, -0.1) is 5.10 Å². The minimum atomic E-state index is -4.46. The molecule has 6 nitrogen and oxygen atoms in total. The van der Waals surface area contributed by atoms with Crippen LogP contribution in [0.1, 0.15) is 50.5 Å². The van der Waals surface area contributed by atoms with Crippen molar-refractivity contribution in [3.05, 3.63) is 65.1 Å². The summed E-state index contributed by atoms with van der Waals surface area (Å²) in [6, 6.07) is 8.01. The molecule has 2 fully saturated rings. The van der Waals surface area contributed by atoms with Gasteiger partial charge in [0.25, 0.3) is 0 Å². The lowest BCUT2D eigenvalue weighted by Gasteiger charge is -2.36. The first-order valence-corrected chi connectivity index (χ1v) is 13.8. The van der Waals surface area contributed by atoms with Crippen molar-refractivity contribution in [3.8, 4) is 0 Å². The standard InChI is InChI=1S/C30H41F3N6/c1-22-8-7-13-39(17-22)19-23-14-28(30(31,32)33)29(38(4)18-23)16-35-26-12-6-11-25(15-26)27(24-9-5-10-24)20-37(3)21-36-34-2/h6,11-12,14-16,18,21-22,24,27,35H,2,5,7-10,13,17,19-20H2,1,3-4H3/b29-16-,36-21-/t22-,27?/m0/s1. The molecule has 2 atom stereocenters. The van der Waals surface area contributed by atoms with Gasteiger partial charge in [0.2, 0.25) is 0 Å². The second-order valence-electron chi connectivity index (χ2n) is 11.3. The predicted octanol–water partition coefficient (Wildman–Crippen LogP) is 6.45. The molecule has 1 unspecified atom stereocenters. The summed E-state index contributed by atoms with van der Waals surface area (Å²) in [7, 11) is 3.65. The molecule has 9 heteroatoms. The second-order valence-corrected chi connectivity index (χ2v) is 11.3. The number of nitrogens with zero attached hydrogens (tertiary/aromatic N) is 5. The fourth-order valence-electron chi connectivity index (χ4n) is 5.85. The topological polar surface area (TPSA) is 46.5 Å². The largest absolute Gasteiger partial charge is 0.418 e. The molecule has 39 heavy (non-hydrogen) atoms. The Morgan fingerprint density at radius 1 is 1.23 bits per heavy atom. The zero-order valence-corrected chi connectivity index (χ0v) is 23.3. The average molecular weight is 543 g/mol. The quantitative estimate of drug-likeness (QED) is 0.210. The van der Waals surface area contributed by atoms with E-state index in [1.165, 1.54) is 38.0 Å². The van der Waals surface area contributed by atoms with Crippen molar-refractivity contribution in [1.29, 1.82) is 0 Å². The maximum absolute atomic E-state index is 14.2. The minimum Gasteiger partial charge on any atom is -0.364 e. The highest BCUT2D eigenvalue weighted by atomic mass is 19.4. The van der Waals surface area contributed by atoms with E-state index in [2.05, 4.69) is 46.2 Å². The summed E-state index contributed by atoms with van der Waals surface area (Å²) in [4.78, 5) is 5.85. The van der Waals surface area contributed by atoms with E-state index in [9.17, 15) is 13.2 Å². The highest BCUT2D eigenvalue weighted by molar-refractivity contribution is 5.55. The van der Waals surface area contributed by atoms with Gasteiger partial charge in [-0.25, -0.2) is 0 Å². The summed E-state index contributed by atoms with van der Waals surface area (Å²) in [6.45, 7) is 8.75. The van der Waals surface area contributed by atoms with Crippen molar-refractivity contribution < 1.29 is 13.2 Å². The summed E-state index contributed by atoms with van der Waals surface area (Å²) in [5, 5.41) is 10.6. The molecule has 1 N–H and O–H groups in total. The Balaban J connectivity index is 1.52. The number of anilines is 1. The monoisotopic (exact) mass is 542 g/mol. The van der Waals surface area contributed by atoms with Crippen molar-refractivity contribution in [2.75, 3.05) is 45.6 Å². The molecule has 1 saturated heterocycles. The first kappa shape index (κ1) is 28.9. The van der Waals surface area contributed by atoms with E-state index < -0.39 is 11.7 Å². The number of benzene rings is 1. The van der Waals surface area contributed by atoms with Gasteiger partial charge in [0.15, 0.2) is 0 Å². The van der Waals surface area contributed by atoms with E-state index in [1.807, 2.05) is 30.3 Å². The fraction of sp³-hybridized carbons (Fsp3) is 0.533. The average Bonchev–Trinajstić information content (AvgIpc) is 2.85. The van der Waals surface area contributed by atoms with Crippen LogP contribution in [0, 0.1) is 11.8 Å². The van der Waals surface area contributed by atoms with Gasteiger partial charge in [-0.2, -0.15) is 18.3 Å². The summed E-state index contributed by atoms with van der Waals surface area (Å²) >= 11 is 0. The third kappa shape index (κ3) is 7.75. The highest BCUT2D eigenvalue weighted by Crippen LogP contribution is 2.40. The van der Waals surface area contributed by atoms with Crippen LogP contribution >= 0.6 is 0 Å². The Morgan fingerprint density at radius 2 is 2.03 bits per heavy atom. The van der Waals surface area contributed by atoms with Gasteiger partial charge >= 0.3 is 6.18 Å². The van der Waals surface area contributed by atoms with E-state index >= 15 is 0 Å². The van der Waals surface area contributed by atoms with Crippen LogP contribution in [-0.2, 0) is 0 Å². The number of rotatable bonds is 10. The Morgan fingerprint density at radius 3 is 2.69 bits per heavy atom. The number of likely N-dealkylation sites (N-methyl/N-ethyl adjacent to an activating group) is 2. The summed E-state index contributed by atoms with van der Waals surface area (Å²) in [5.74, 6) is 1.44. The normalized spacial score (nSPS) is 22.9. The molecule has 3 aliphatic rings. The third-order valence-corrected chi connectivity index (χ3v) is 8.02. The van der Waals surface area contributed by atoms with Crippen LogP contribution in [-0.4, -0.2) is 74.2 Å². The van der Waals surface area contributed by atoms with Crippen LogP contribution in [0.5, 0.6) is 0 Å². The summed E-state index contributed by atoms with van der Waals surface area (Å²) in [5.41, 5.74) is 2.09. The second kappa shape index (κ2) is 12.9. The van der Waals surface area contributed by atoms with Crippen LogP contribution in [0.3, 0.4) is 0 Å². The number of allylic oxidation sites excluding steroid dienone is 1. The van der Waals surface area contributed by atoms with E-state index in [-0.39, 0.29) is 5.70 Å². The molecule has 0 bridgehead atoms. The van der Waals surface area contributed by atoms with Gasteiger partial charge in [-0.05, 0) is 73.4 Å². The van der Waals surface area contributed by atoms with E-state index in [1.54, 1.807) is 18.3 Å². The lowest BCUT2D eigenvalue weighted by molar-refractivity contribution is -0.0912. The van der Waals surface area contributed by atoms with Crippen LogP contribution in [0.25, 0.3) is 0 Å². The zero-order chi connectivity index (χ0) is 28.0. The van der Waals surface area contributed by atoms with Crippen molar-refractivity contribution in [1.82, 2.24) is 14.7 Å². The van der Waals surface area contributed by atoms with E-state index in [0.29, 0.717) is 29.9 Å². The molecular formula is C30H41F3N6. The molecule has 1 aliphatic carbocycles. The number of piperidine rings is 1. The van der Waals surface area contributed by atoms with E-state index in [4.69, 9.17) is 0 Å². The Hall–Kier alpha value is -3.07. The first-order chi connectivity index (χ1) is 18.6. The lowest BCUT2D eigenvalue weighted by atomic mass is 9.73. The summed E-state index contributed by atoms with van der Waals surface area (Å²) < 4.78 is 42.6. The van der Waals surface area contributed by atoms with Crippen molar-refractivity contribution >= 4 is 18.7 Å². The maximum Gasteiger partial charge on any atom is 0.418 e. The molecule has 4 rings (SSSR count). The van der Waals surface area contributed by atoms with Gasteiger partial charge in [-0.1, -0.05) is 25.5 Å². The van der Waals surface area contributed by atoms with Crippen LogP contribution in [0.4, 0.5) is 18.9 Å². The van der Waals surface area contributed by atoms with Gasteiger partial charge in [0.05, 0.1) is 11.3 Å². The molecule has 1 aromatic carbocycles. The molecule has 0 amide bonds. The van der Waals surface area contributed by atoms with Gasteiger partial charge in [-0.3, -0.25) is 4.90 Å². The Labute approximate surface area is 230 Å². The maximum atomic E-state index is 14.2. The molecular weight excluding hydrogens is 501 g/mol. The molecule has 212 valence electrons. The van der Waals surface area contributed by atoms with Gasteiger partial charge in [0.1, 0.15) is 6.34 Å². The lowest BCUT2D eigenvalue weighted by Crippen LogP contribution is -2.36. The molecule has 0 aromatic heterocycles.